The first kappa shape index (κ1) is 18.4. The van der Waals surface area contributed by atoms with Gasteiger partial charge in [0.05, 0.1) is 23.9 Å². The van der Waals surface area contributed by atoms with E-state index in [1.54, 1.807) is 24.2 Å². The Hall–Kier alpha value is -3.94. The molecule has 0 atom stereocenters. The van der Waals surface area contributed by atoms with Crippen molar-refractivity contribution in [1.29, 1.82) is 0 Å². The molecule has 2 aromatic carbocycles. The molecule has 3 N–H and O–H groups in total. The third kappa shape index (κ3) is 3.47. The van der Waals surface area contributed by atoms with Crippen LogP contribution in [0.2, 0.25) is 0 Å². The molecule has 8 nitrogen and oxygen atoms in total. The van der Waals surface area contributed by atoms with Crippen molar-refractivity contribution < 1.29 is 9.59 Å². The minimum Gasteiger partial charge on any atom is -0.369 e. The zero-order chi connectivity index (χ0) is 20.5. The molecule has 3 aromatic rings. The number of aromatic nitrogens is 2. The van der Waals surface area contributed by atoms with E-state index in [-0.39, 0.29) is 12.3 Å². The second kappa shape index (κ2) is 7.23. The van der Waals surface area contributed by atoms with E-state index in [4.69, 9.17) is 5.73 Å². The monoisotopic (exact) mass is 388 g/mol. The highest BCUT2D eigenvalue weighted by atomic mass is 16.2. The zero-order valence-corrected chi connectivity index (χ0v) is 16.1. The first-order valence-corrected chi connectivity index (χ1v) is 9.06. The highest BCUT2D eigenvalue weighted by Gasteiger charge is 2.28. The lowest BCUT2D eigenvalue weighted by molar-refractivity contribution is -0.117. The van der Waals surface area contributed by atoms with Crippen LogP contribution < -0.4 is 20.9 Å². The molecule has 0 fully saturated rings. The molecule has 4 rings (SSSR count). The SMILES string of the molecule is CN1C(=O)c2ccccc2N(C)c2nc(Nc3cccc(CC(N)=O)c3)ncc21. The molecule has 0 bridgehead atoms. The standard InChI is InChI=1S/C21H20N6O2/c1-26-16-9-4-3-8-15(16)20(29)27(2)17-12-23-21(25-19(17)26)24-14-7-5-6-13(10-14)11-18(22)28/h3-10,12H,11H2,1-2H3,(H2,22,28)(H,23,24,25). The summed E-state index contributed by atoms with van der Waals surface area (Å²) in [6.07, 6.45) is 1.78. The summed E-state index contributed by atoms with van der Waals surface area (Å²) in [4.78, 5) is 36.4. The number of benzene rings is 2. The molecule has 1 aliphatic rings. The molecule has 0 saturated heterocycles. The average molecular weight is 388 g/mol. The highest BCUT2D eigenvalue weighted by molar-refractivity contribution is 6.13. The predicted octanol–water partition coefficient (Wildman–Crippen LogP) is 2.61. The number of hydrogen-bond acceptors (Lipinski definition) is 6. The lowest BCUT2D eigenvalue weighted by Gasteiger charge is -2.21. The number of primary amides is 1. The van der Waals surface area contributed by atoms with Gasteiger partial charge in [-0.3, -0.25) is 9.59 Å². The summed E-state index contributed by atoms with van der Waals surface area (Å²) >= 11 is 0. The number of fused-ring (bicyclic) bond motifs is 2. The number of amides is 2. The summed E-state index contributed by atoms with van der Waals surface area (Å²) in [5.41, 5.74) is 8.80. The van der Waals surface area contributed by atoms with Crippen LogP contribution in [0, 0.1) is 0 Å². The van der Waals surface area contributed by atoms with Gasteiger partial charge in [0.15, 0.2) is 5.82 Å². The molecular weight excluding hydrogens is 368 g/mol. The fourth-order valence-electron chi connectivity index (χ4n) is 3.35. The fraction of sp³-hybridized carbons (Fsp3) is 0.143. The number of hydrogen-bond donors (Lipinski definition) is 2. The van der Waals surface area contributed by atoms with Crippen LogP contribution >= 0.6 is 0 Å². The summed E-state index contributed by atoms with van der Waals surface area (Å²) < 4.78 is 0. The summed E-state index contributed by atoms with van der Waals surface area (Å²) in [5.74, 6) is 0.481. The van der Waals surface area contributed by atoms with Crippen molar-refractivity contribution in [3.8, 4) is 0 Å². The molecule has 0 aliphatic carbocycles. The zero-order valence-electron chi connectivity index (χ0n) is 16.1. The first-order valence-electron chi connectivity index (χ1n) is 9.06. The van der Waals surface area contributed by atoms with E-state index >= 15 is 0 Å². The third-order valence-corrected chi connectivity index (χ3v) is 4.79. The molecular formula is C21H20N6O2. The number of carbonyl (C=O) groups is 2. The van der Waals surface area contributed by atoms with Crippen molar-refractivity contribution in [1.82, 2.24) is 9.97 Å². The molecule has 0 unspecified atom stereocenters. The van der Waals surface area contributed by atoms with Crippen LogP contribution in [0.5, 0.6) is 0 Å². The Morgan fingerprint density at radius 1 is 1.07 bits per heavy atom. The average Bonchev–Trinajstić information content (AvgIpc) is 2.78. The molecule has 0 saturated carbocycles. The highest BCUT2D eigenvalue weighted by Crippen LogP contribution is 2.37. The van der Waals surface area contributed by atoms with E-state index in [0.29, 0.717) is 23.0 Å². The molecule has 1 aromatic heterocycles. The van der Waals surface area contributed by atoms with Crippen LogP contribution in [0.1, 0.15) is 15.9 Å². The topological polar surface area (TPSA) is 104 Å². The van der Waals surface area contributed by atoms with Gasteiger partial charge in [0.25, 0.3) is 5.91 Å². The van der Waals surface area contributed by atoms with Gasteiger partial charge in [-0.1, -0.05) is 24.3 Å². The molecule has 0 radical (unpaired) electrons. The number of nitrogens with one attached hydrogen (secondary N) is 1. The van der Waals surface area contributed by atoms with E-state index in [1.807, 2.05) is 54.4 Å². The van der Waals surface area contributed by atoms with Gasteiger partial charge in [-0.15, -0.1) is 0 Å². The van der Waals surface area contributed by atoms with Crippen molar-refractivity contribution in [2.24, 2.45) is 5.73 Å². The normalized spacial score (nSPS) is 12.8. The molecule has 29 heavy (non-hydrogen) atoms. The van der Waals surface area contributed by atoms with E-state index in [2.05, 4.69) is 15.3 Å². The predicted molar refractivity (Wildman–Crippen MR) is 112 cm³/mol. The van der Waals surface area contributed by atoms with E-state index in [1.165, 1.54) is 0 Å². The van der Waals surface area contributed by atoms with Crippen LogP contribution in [0.25, 0.3) is 0 Å². The van der Waals surface area contributed by atoms with E-state index in [9.17, 15) is 9.59 Å². The number of nitrogens with zero attached hydrogens (tertiary/aromatic N) is 4. The van der Waals surface area contributed by atoms with Crippen LogP contribution in [-0.2, 0) is 11.2 Å². The maximum absolute atomic E-state index is 12.8. The van der Waals surface area contributed by atoms with Gasteiger partial charge in [-0.2, -0.15) is 4.98 Å². The Bertz CT molecular complexity index is 1110. The largest absolute Gasteiger partial charge is 0.369 e. The maximum atomic E-state index is 12.8. The van der Waals surface area contributed by atoms with Crippen LogP contribution in [0.4, 0.5) is 28.8 Å². The van der Waals surface area contributed by atoms with Gasteiger partial charge < -0.3 is 20.9 Å². The van der Waals surface area contributed by atoms with Gasteiger partial charge in [-0.05, 0) is 29.8 Å². The number of anilines is 5. The van der Waals surface area contributed by atoms with Crippen molar-refractivity contribution in [3.63, 3.8) is 0 Å². The van der Waals surface area contributed by atoms with Gasteiger partial charge in [-0.25, -0.2) is 4.98 Å². The minimum absolute atomic E-state index is 0.116. The van der Waals surface area contributed by atoms with Crippen LogP contribution in [-0.4, -0.2) is 35.9 Å². The molecule has 2 amide bonds. The lowest BCUT2D eigenvalue weighted by Crippen LogP contribution is -2.25. The Morgan fingerprint density at radius 2 is 1.86 bits per heavy atom. The van der Waals surface area contributed by atoms with Crippen molar-refractivity contribution in [2.45, 2.75) is 6.42 Å². The number of para-hydroxylation sites is 1. The molecule has 1 aliphatic heterocycles. The Morgan fingerprint density at radius 3 is 2.66 bits per heavy atom. The van der Waals surface area contributed by atoms with E-state index < -0.39 is 5.91 Å². The smallest absolute Gasteiger partial charge is 0.260 e. The quantitative estimate of drug-likeness (QED) is 0.712. The van der Waals surface area contributed by atoms with Crippen LogP contribution in [0.3, 0.4) is 0 Å². The van der Waals surface area contributed by atoms with E-state index in [0.717, 1.165) is 16.9 Å². The van der Waals surface area contributed by atoms with Gasteiger partial charge >= 0.3 is 0 Å². The van der Waals surface area contributed by atoms with Crippen molar-refractivity contribution in [2.75, 3.05) is 29.2 Å². The van der Waals surface area contributed by atoms with Crippen LogP contribution in [0.15, 0.2) is 54.7 Å². The number of nitrogens with two attached hydrogens (primary N) is 1. The third-order valence-electron chi connectivity index (χ3n) is 4.79. The maximum Gasteiger partial charge on any atom is 0.260 e. The molecule has 146 valence electrons. The van der Waals surface area contributed by atoms with Gasteiger partial charge in [0.1, 0.15) is 5.69 Å². The second-order valence-corrected chi connectivity index (χ2v) is 6.81. The minimum atomic E-state index is -0.392. The second-order valence-electron chi connectivity index (χ2n) is 6.81. The summed E-state index contributed by atoms with van der Waals surface area (Å²) in [6, 6.07) is 14.8. The summed E-state index contributed by atoms with van der Waals surface area (Å²) in [7, 11) is 3.58. The first-order chi connectivity index (χ1) is 13.9. The molecule has 0 spiro atoms. The summed E-state index contributed by atoms with van der Waals surface area (Å²) in [6.45, 7) is 0. The fourth-order valence-corrected chi connectivity index (χ4v) is 3.35. The lowest BCUT2D eigenvalue weighted by atomic mass is 10.1. The molecule has 8 heteroatoms. The van der Waals surface area contributed by atoms with Gasteiger partial charge in [0, 0.05) is 19.8 Å². The Kier molecular flexibility index (Phi) is 4.59. The van der Waals surface area contributed by atoms with Gasteiger partial charge in [0.2, 0.25) is 11.9 Å². The Labute approximate surface area is 168 Å². The van der Waals surface area contributed by atoms with Crippen molar-refractivity contribution >= 4 is 40.6 Å². The Balaban J connectivity index is 1.71. The van der Waals surface area contributed by atoms with Crippen molar-refractivity contribution in [3.05, 3.63) is 65.9 Å². The number of rotatable bonds is 4. The number of carbonyl (C=O) groups excluding carboxylic acids is 2. The summed E-state index contributed by atoms with van der Waals surface area (Å²) in [5, 5.41) is 3.15. The molecule has 2 heterocycles.